The Labute approximate surface area is 112 Å². The van der Waals surface area contributed by atoms with E-state index in [-0.39, 0.29) is 6.10 Å². The number of aromatic nitrogens is 1. The molecular formula is C14H18N2OS. The Morgan fingerprint density at radius 3 is 2.83 bits per heavy atom. The van der Waals surface area contributed by atoms with Crippen molar-refractivity contribution < 1.29 is 5.11 Å². The lowest BCUT2D eigenvalue weighted by molar-refractivity contribution is 0.183. The van der Waals surface area contributed by atoms with E-state index in [1.54, 1.807) is 18.3 Å². The summed E-state index contributed by atoms with van der Waals surface area (Å²) in [6.07, 6.45) is 2.46. The standard InChI is InChI=1S/C14H18N2OS/c1-11(17)7-8-15-10-14-16-9-13(18-14)12-5-3-2-4-6-12/h2-6,9,11,15,17H,7-8,10H2,1H3. The van der Waals surface area contributed by atoms with Gasteiger partial charge in [0.05, 0.1) is 11.0 Å². The molecule has 1 aromatic carbocycles. The highest BCUT2D eigenvalue weighted by molar-refractivity contribution is 7.15. The first-order valence-electron chi connectivity index (χ1n) is 6.14. The molecule has 2 aromatic rings. The van der Waals surface area contributed by atoms with E-state index in [0.717, 1.165) is 24.5 Å². The van der Waals surface area contributed by atoms with Gasteiger partial charge >= 0.3 is 0 Å². The number of nitrogens with zero attached hydrogens (tertiary/aromatic N) is 1. The highest BCUT2D eigenvalue weighted by Gasteiger charge is 2.03. The quantitative estimate of drug-likeness (QED) is 0.787. The van der Waals surface area contributed by atoms with Gasteiger partial charge in [-0.3, -0.25) is 0 Å². The van der Waals surface area contributed by atoms with E-state index in [1.807, 2.05) is 24.4 Å². The fourth-order valence-corrected chi connectivity index (χ4v) is 2.53. The molecule has 0 bridgehead atoms. The Bertz CT molecular complexity index is 468. The van der Waals surface area contributed by atoms with E-state index < -0.39 is 0 Å². The monoisotopic (exact) mass is 262 g/mol. The number of benzene rings is 1. The Balaban J connectivity index is 1.87. The molecule has 96 valence electrons. The van der Waals surface area contributed by atoms with Crippen molar-refractivity contribution in [2.45, 2.75) is 26.0 Å². The summed E-state index contributed by atoms with van der Waals surface area (Å²) in [6, 6.07) is 10.3. The minimum atomic E-state index is -0.242. The zero-order chi connectivity index (χ0) is 12.8. The van der Waals surface area contributed by atoms with Crippen LogP contribution in [0.15, 0.2) is 36.5 Å². The fourth-order valence-electron chi connectivity index (χ4n) is 1.63. The summed E-state index contributed by atoms with van der Waals surface area (Å²) in [5.74, 6) is 0. The average Bonchev–Trinajstić information content (AvgIpc) is 2.84. The van der Waals surface area contributed by atoms with Crippen molar-refractivity contribution in [1.29, 1.82) is 0 Å². The molecule has 4 heteroatoms. The summed E-state index contributed by atoms with van der Waals surface area (Å²) in [5, 5.41) is 13.5. The number of aliphatic hydroxyl groups excluding tert-OH is 1. The van der Waals surface area contributed by atoms with E-state index in [9.17, 15) is 0 Å². The highest BCUT2D eigenvalue weighted by Crippen LogP contribution is 2.25. The van der Waals surface area contributed by atoms with E-state index in [1.165, 1.54) is 10.4 Å². The maximum atomic E-state index is 9.15. The Morgan fingerprint density at radius 2 is 2.11 bits per heavy atom. The van der Waals surface area contributed by atoms with Gasteiger partial charge in [0.1, 0.15) is 5.01 Å². The number of nitrogens with one attached hydrogen (secondary N) is 1. The lowest BCUT2D eigenvalue weighted by atomic mass is 10.2. The molecule has 1 heterocycles. The second-order valence-corrected chi connectivity index (χ2v) is 5.41. The van der Waals surface area contributed by atoms with Gasteiger partial charge in [-0.1, -0.05) is 30.3 Å². The van der Waals surface area contributed by atoms with Crippen LogP contribution in [0.3, 0.4) is 0 Å². The number of rotatable bonds is 6. The molecule has 0 saturated carbocycles. The highest BCUT2D eigenvalue weighted by atomic mass is 32.1. The molecule has 18 heavy (non-hydrogen) atoms. The van der Waals surface area contributed by atoms with Crippen molar-refractivity contribution in [3.05, 3.63) is 41.5 Å². The molecule has 0 spiro atoms. The summed E-state index contributed by atoms with van der Waals surface area (Å²) >= 11 is 1.71. The summed E-state index contributed by atoms with van der Waals surface area (Å²) < 4.78 is 0. The molecule has 2 N–H and O–H groups in total. The normalized spacial score (nSPS) is 12.6. The maximum Gasteiger partial charge on any atom is 0.107 e. The molecule has 2 rings (SSSR count). The summed E-state index contributed by atoms with van der Waals surface area (Å²) in [6.45, 7) is 3.39. The van der Waals surface area contributed by atoms with Crippen LogP contribution in [-0.4, -0.2) is 22.7 Å². The fraction of sp³-hybridized carbons (Fsp3) is 0.357. The van der Waals surface area contributed by atoms with Crippen LogP contribution in [0.1, 0.15) is 18.4 Å². The lowest BCUT2D eigenvalue weighted by Gasteiger charge is -2.04. The largest absolute Gasteiger partial charge is 0.393 e. The van der Waals surface area contributed by atoms with Crippen LogP contribution in [0.2, 0.25) is 0 Å². The first kappa shape index (κ1) is 13.2. The smallest absolute Gasteiger partial charge is 0.107 e. The van der Waals surface area contributed by atoms with Crippen LogP contribution in [0, 0.1) is 0 Å². The van der Waals surface area contributed by atoms with Gasteiger partial charge in [0.2, 0.25) is 0 Å². The zero-order valence-electron chi connectivity index (χ0n) is 10.5. The van der Waals surface area contributed by atoms with Crippen LogP contribution in [0.5, 0.6) is 0 Å². The van der Waals surface area contributed by atoms with E-state index >= 15 is 0 Å². The first-order valence-corrected chi connectivity index (χ1v) is 6.96. The summed E-state index contributed by atoms with van der Waals surface area (Å²) in [7, 11) is 0. The van der Waals surface area contributed by atoms with Crippen molar-refractivity contribution >= 4 is 11.3 Å². The van der Waals surface area contributed by atoms with Crippen molar-refractivity contribution in [3.8, 4) is 10.4 Å². The van der Waals surface area contributed by atoms with Crippen LogP contribution in [-0.2, 0) is 6.54 Å². The molecule has 0 aliphatic heterocycles. The van der Waals surface area contributed by atoms with Gasteiger partial charge in [-0.25, -0.2) is 4.98 Å². The number of aliphatic hydroxyl groups is 1. The molecule has 0 saturated heterocycles. The van der Waals surface area contributed by atoms with E-state index in [0.29, 0.717) is 0 Å². The van der Waals surface area contributed by atoms with E-state index in [2.05, 4.69) is 22.4 Å². The SMILES string of the molecule is CC(O)CCNCc1ncc(-c2ccccc2)s1. The number of hydrogen-bond donors (Lipinski definition) is 2. The number of hydrogen-bond acceptors (Lipinski definition) is 4. The van der Waals surface area contributed by atoms with Crippen molar-refractivity contribution in [1.82, 2.24) is 10.3 Å². The maximum absolute atomic E-state index is 9.15. The van der Waals surface area contributed by atoms with Crippen LogP contribution in [0.4, 0.5) is 0 Å². The molecule has 0 fully saturated rings. The molecule has 0 aliphatic rings. The Morgan fingerprint density at radius 1 is 1.33 bits per heavy atom. The van der Waals surface area contributed by atoms with Crippen molar-refractivity contribution in [2.75, 3.05) is 6.54 Å². The van der Waals surface area contributed by atoms with Gasteiger partial charge in [-0.2, -0.15) is 0 Å². The van der Waals surface area contributed by atoms with Crippen LogP contribution in [0.25, 0.3) is 10.4 Å². The first-order chi connectivity index (χ1) is 8.75. The summed E-state index contributed by atoms with van der Waals surface area (Å²) in [4.78, 5) is 5.60. The minimum absolute atomic E-state index is 0.242. The third-order valence-electron chi connectivity index (χ3n) is 2.63. The molecule has 3 nitrogen and oxygen atoms in total. The number of thiazole rings is 1. The van der Waals surface area contributed by atoms with Gasteiger partial charge < -0.3 is 10.4 Å². The molecule has 0 radical (unpaired) electrons. The third-order valence-corrected chi connectivity index (χ3v) is 3.67. The molecule has 1 unspecified atom stereocenters. The predicted octanol–water partition coefficient (Wildman–Crippen LogP) is 2.67. The molecule has 0 amide bonds. The predicted molar refractivity (Wildman–Crippen MR) is 75.6 cm³/mol. The van der Waals surface area contributed by atoms with E-state index in [4.69, 9.17) is 5.11 Å². The zero-order valence-corrected chi connectivity index (χ0v) is 11.3. The average molecular weight is 262 g/mol. The Kier molecular flexibility index (Phi) is 4.87. The molecule has 0 aliphatic carbocycles. The van der Waals surface area contributed by atoms with Gasteiger partial charge in [-0.15, -0.1) is 11.3 Å². The summed E-state index contributed by atoms with van der Waals surface area (Å²) in [5.41, 5.74) is 1.21. The third kappa shape index (κ3) is 3.91. The van der Waals surface area contributed by atoms with Gasteiger partial charge in [0.15, 0.2) is 0 Å². The van der Waals surface area contributed by atoms with Gasteiger partial charge in [0, 0.05) is 12.7 Å². The van der Waals surface area contributed by atoms with Gasteiger partial charge in [-0.05, 0) is 25.5 Å². The molecule has 1 aromatic heterocycles. The molecule has 1 atom stereocenters. The van der Waals surface area contributed by atoms with Crippen molar-refractivity contribution in [2.24, 2.45) is 0 Å². The second-order valence-electron chi connectivity index (χ2n) is 4.30. The topological polar surface area (TPSA) is 45.1 Å². The second kappa shape index (κ2) is 6.64. The minimum Gasteiger partial charge on any atom is -0.393 e. The Hall–Kier alpha value is -1.23. The van der Waals surface area contributed by atoms with Gasteiger partial charge in [0.25, 0.3) is 0 Å². The molecular weight excluding hydrogens is 244 g/mol. The van der Waals surface area contributed by atoms with Crippen LogP contribution >= 0.6 is 11.3 Å². The van der Waals surface area contributed by atoms with Crippen molar-refractivity contribution in [3.63, 3.8) is 0 Å². The van der Waals surface area contributed by atoms with Crippen LogP contribution < -0.4 is 5.32 Å². The lowest BCUT2D eigenvalue weighted by Crippen LogP contribution is -2.18.